The van der Waals surface area contributed by atoms with Crippen LogP contribution in [-0.2, 0) is 11.3 Å². The van der Waals surface area contributed by atoms with Gasteiger partial charge in [0.2, 0.25) is 17.7 Å². The van der Waals surface area contributed by atoms with E-state index >= 15 is 0 Å². The zero-order chi connectivity index (χ0) is 15.5. The van der Waals surface area contributed by atoms with E-state index in [0.29, 0.717) is 24.9 Å². The fourth-order valence-electron chi connectivity index (χ4n) is 2.36. The van der Waals surface area contributed by atoms with Gasteiger partial charge in [-0.15, -0.1) is 10.2 Å². The van der Waals surface area contributed by atoms with E-state index in [1.165, 1.54) is 0 Å². The van der Waals surface area contributed by atoms with Crippen molar-refractivity contribution in [2.24, 2.45) is 0 Å². The number of piperazine rings is 1. The third kappa shape index (κ3) is 5.43. The van der Waals surface area contributed by atoms with Crippen LogP contribution >= 0.6 is 0 Å². The summed E-state index contributed by atoms with van der Waals surface area (Å²) in [6.07, 6.45) is 0. The van der Waals surface area contributed by atoms with E-state index in [2.05, 4.69) is 25.3 Å². The molecule has 0 atom stereocenters. The van der Waals surface area contributed by atoms with Crippen molar-refractivity contribution in [3.05, 3.63) is 11.8 Å². The van der Waals surface area contributed by atoms with Crippen molar-refractivity contribution in [2.45, 2.75) is 39.8 Å². The predicted octanol–water partition coefficient (Wildman–Crippen LogP) is 0.410. The Labute approximate surface area is 125 Å². The minimum atomic E-state index is -0.172. The number of aromatic nitrogens is 2. The molecular formula is C14H25N5O2. The summed E-state index contributed by atoms with van der Waals surface area (Å²) in [6, 6.07) is 0. The average molecular weight is 295 g/mol. The summed E-state index contributed by atoms with van der Waals surface area (Å²) in [7, 11) is 0. The first-order chi connectivity index (χ1) is 9.82. The lowest BCUT2D eigenvalue weighted by Crippen LogP contribution is -2.51. The second kappa shape index (κ2) is 6.53. The monoisotopic (exact) mass is 295 g/mol. The van der Waals surface area contributed by atoms with Crippen LogP contribution in [0.5, 0.6) is 0 Å². The molecule has 0 spiro atoms. The first-order valence-electron chi connectivity index (χ1n) is 7.36. The molecule has 118 valence electrons. The highest BCUT2D eigenvalue weighted by Crippen LogP contribution is 2.08. The molecule has 0 aromatic carbocycles. The maximum absolute atomic E-state index is 11.9. The van der Waals surface area contributed by atoms with Gasteiger partial charge in [0.15, 0.2) is 0 Å². The summed E-state index contributed by atoms with van der Waals surface area (Å²) in [4.78, 5) is 16.3. The summed E-state index contributed by atoms with van der Waals surface area (Å²) < 4.78 is 5.39. The molecule has 0 aliphatic carbocycles. The summed E-state index contributed by atoms with van der Waals surface area (Å²) in [5, 5.41) is 10.8. The quantitative estimate of drug-likeness (QED) is 0.867. The summed E-state index contributed by atoms with van der Waals surface area (Å²) >= 11 is 0. The van der Waals surface area contributed by atoms with Crippen molar-refractivity contribution in [3.63, 3.8) is 0 Å². The molecule has 0 unspecified atom stereocenters. The van der Waals surface area contributed by atoms with Gasteiger partial charge in [-0.3, -0.25) is 14.6 Å². The third-order valence-corrected chi connectivity index (χ3v) is 3.27. The van der Waals surface area contributed by atoms with Crippen LogP contribution in [0.15, 0.2) is 4.42 Å². The van der Waals surface area contributed by atoms with Crippen LogP contribution in [0.4, 0.5) is 0 Å². The number of hydrogen-bond acceptors (Lipinski definition) is 6. The zero-order valence-electron chi connectivity index (χ0n) is 13.3. The van der Waals surface area contributed by atoms with Crippen molar-refractivity contribution in [1.29, 1.82) is 0 Å². The van der Waals surface area contributed by atoms with Crippen molar-refractivity contribution < 1.29 is 9.21 Å². The largest absolute Gasteiger partial charge is 0.424 e. The Hall–Kier alpha value is -1.47. The number of nitrogens with one attached hydrogen (secondary N) is 1. The molecule has 1 amide bonds. The molecule has 0 saturated carbocycles. The molecule has 0 bridgehead atoms. The van der Waals surface area contributed by atoms with Crippen LogP contribution in [0.1, 0.15) is 32.6 Å². The van der Waals surface area contributed by atoms with E-state index in [1.807, 2.05) is 20.8 Å². The summed E-state index contributed by atoms with van der Waals surface area (Å²) in [6.45, 7) is 12.5. The van der Waals surface area contributed by atoms with Crippen LogP contribution < -0.4 is 5.32 Å². The molecule has 7 nitrogen and oxygen atoms in total. The number of nitrogens with zero attached hydrogens (tertiary/aromatic N) is 4. The molecule has 0 radical (unpaired) electrons. The lowest BCUT2D eigenvalue weighted by molar-refractivity contribution is -0.124. The van der Waals surface area contributed by atoms with E-state index in [1.54, 1.807) is 6.92 Å². The molecule has 1 saturated heterocycles. The standard InChI is InChI=1S/C14H25N5O2/c1-11-16-17-13(21-11)10-19-7-5-18(6-8-19)9-12(20)15-14(2,3)4/h5-10H2,1-4H3,(H,15,20). The molecule has 2 heterocycles. The molecule has 21 heavy (non-hydrogen) atoms. The van der Waals surface area contributed by atoms with Gasteiger partial charge in [-0.25, -0.2) is 0 Å². The van der Waals surface area contributed by atoms with Crippen LogP contribution in [0, 0.1) is 6.92 Å². The summed E-state index contributed by atoms with van der Waals surface area (Å²) in [5.74, 6) is 1.34. The fourth-order valence-corrected chi connectivity index (χ4v) is 2.36. The van der Waals surface area contributed by atoms with E-state index in [-0.39, 0.29) is 11.4 Å². The van der Waals surface area contributed by atoms with Gasteiger partial charge in [0, 0.05) is 38.6 Å². The van der Waals surface area contributed by atoms with Crippen molar-refractivity contribution in [2.75, 3.05) is 32.7 Å². The first kappa shape index (κ1) is 15.9. The molecule has 2 rings (SSSR count). The Kier molecular flexibility index (Phi) is 4.95. The smallest absolute Gasteiger partial charge is 0.234 e. The van der Waals surface area contributed by atoms with E-state index in [9.17, 15) is 4.79 Å². The van der Waals surface area contributed by atoms with Gasteiger partial charge in [-0.05, 0) is 20.8 Å². The maximum atomic E-state index is 11.9. The van der Waals surface area contributed by atoms with Gasteiger partial charge in [-0.2, -0.15) is 0 Å². The average Bonchev–Trinajstić information content (AvgIpc) is 2.75. The Balaban J connectivity index is 1.72. The number of carbonyl (C=O) groups excluding carboxylic acids is 1. The Bertz CT molecular complexity index is 472. The van der Waals surface area contributed by atoms with E-state index in [4.69, 9.17) is 4.42 Å². The second-order valence-electron chi connectivity index (χ2n) is 6.57. The molecule has 1 aliphatic heterocycles. The molecule has 1 N–H and O–H groups in total. The normalized spacial score (nSPS) is 17.9. The van der Waals surface area contributed by atoms with E-state index < -0.39 is 0 Å². The van der Waals surface area contributed by atoms with Gasteiger partial charge >= 0.3 is 0 Å². The predicted molar refractivity (Wildman–Crippen MR) is 78.6 cm³/mol. The van der Waals surface area contributed by atoms with Gasteiger partial charge in [0.25, 0.3) is 0 Å². The Morgan fingerprint density at radius 2 is 1.81 bits per heavy atom. The number of rotatable bonds is 4. The minimum Gasteiger partial charge on any atom is -0.424 e. The van der Waals surface area contributed by atoms with Crippen LogP contribution in [-0.4, -0.2) is 64.2 Å². The zero-order valence-corrected chi connectivity index (χ0v) is 13.3. The molecule has 1 aliphatic rings. The van der Waals surface area contributed by atoms with Gasteiger partial charge < -0.3 is 9.73 Å². The van der Waals surface area contributed by atoms with Crippen molar-refractivity contribution in [3.8, 4) is 0 Å². The number of aryl methyl sites for hydroxylation is 1. The molecule has 1 aromatic heterocycles. The van der Waals surface area contributed by atoms with Gasteiger partial charge in [0.1, 0.15) is 0 Å². The molecular weight excluding hydrogens is 270 g/mol. The maximum Gasteiger partial charge on any atom is 0.234 e. The number of carbonyl (C=O) groups is 1. The molecule has 1 aromatic rings. The van der Waals surface area contributed by atoms with Gasteiger partial charge in [-0.1, -0.05) is 0 Å². The Morgan fingerprint density at radius 1 is 1.19 bits per heavy atom. The van der Waals surface area contributed by atoms with E-state index in [0.717, 1.165) is 26.2 Å². The van der Waals surface area contributed by atoms with Gasteiger partial charge in [0.05, 0.1) is 13.1 Å². The van der Waals surface area contributed by atoms with Crippen LogP contribution in [0.2, 0.25) is 0 Å². The third-order valence-electron chi connectivity index (χ3n) is 3.27. The van der Waals surface area contributed by atoms with Crippen LogP contribution in [0.25, 0.3) is 0 Å². The second-order valence-corrected chi connectivity index (χ2v) is 6.57. The summed E-state index contributed by atoms with van der Waals surface area (Å²) in [5.41, 5.74) is -0.172. The van der Waals surface area contributed by atoms with Crippen molar-refractivity contribution >= 4 is 5.91 Å². The minimum absolute atomic E-state index is 0.0866. The number of amides is 1. The van der Waals surface area contributed by atoms with Crippen LogP contribution in [0.3, 0.4) is 0 Å². The lowest BCUT2D eigenvalue weighted by atomic mass is 10.1. The lowest BCUT2D eigenvalue weighted by Gasteiger charge is -2.34. The number of hydrogen-bond donors (Lipinski definition) is 1. The SMILES string of the molecule is Cc1nnc(CN2CCN(CC(=O)NC(C)(C)C)CC2)o1. The topological polar surface area (TPSA) is 74.5 Å². The highest BCUT2D eigenvalue weighted by molar-refractivity contribution is 5.78. The Morgan fingerprint density at radius 3 is 2.33 bits per heavy atom. The molecule has 1 fully saturated rings. The highest BCUT2D eigenvalue weighted by Gasteiger charge is 2.22. The molecule has 7 heteroatoms. The van der Waals surface area contributed by atoms with Crippen molar-refractivity contribution in [1.82, 2.24) is 25.3 Å². The highest BCUT2D eigenvalue weighted by atomic mass is 16.4. The first-order valence-corrected chi connectivity index (χ1v) is 7.36. The fraction of sp³-hybridized carbons (Fsp3) is 0.786.